The van der Waals surface area contributed by atoms with Crippen molar-refractivity contribution in [1.82, 2.24) is 0 Å². The van der Waals surface area contributed by atoms with Crippen LogP contribution in [0, 0.1) is 6.92 Å². The fourth-order valence-electron chi connectivity index (χ4n) is 3.11. The minimum atomic E-state index is -3.68. The highest BCUT2D eigenvalue weighted by Gasteiger charge is 2.35. The van der Waals surface area contributed by atoms with Crippen molar-refractivity contribution in [2.24, 2.45) is 0 Å². The van der Waals surface area contributed by atoms with Crippen molar-refractivity contribution in [2.45, 2.75) is 37.6 Å². The van der Waals surface area contributed by atoms with Gasteiger partial charge in [-0.2, -0.15) is 0 Å². The highest BCUT2D eigenvalue weighted by molar-refractivity contribution is 7.93. The molecule has 5 heteroatoms. The average molecular weight is 331 g/mol. The number of benzene rings is 2. The molecule has 0 aliphatic carbocycles. The largest absolute Gasteiger partial charge is 0.495 e. The van der Waals surface area contributed by atoms with Crippen LogP contribution in [0.1, 0.15) is 24.5 Å². The molecule has 0 saturated carbocycles. The monoisotopic (exact) mass is 331 g/mol. The van der Waals surface area contributed by atoms with Gasteiger partial charge in [0.05, 0.1) is 12.8 Å². The lowest BCUT2D eigenvalue weighted by molar-refractivity contribution is 0.402. The molecule has 2 aromatic rings. The maximum atomic E-state index is 13.3. The zero-order valence-corrected chi connectivity index (χ0v) is 14.4. The lowest BCUT2D eigenvalue weighted by Crippen LogP contribution is -2.42. The number of para-hydroxylation sites is 1. The van der Waals surface area contributed by atoms with E-state index < -0.39 is 10.0 Å². The molecule has 1 heterocycles. The van der Waals surface area contributed by atoms with Crippen LogP contribution >= 0.6 is 0 Å². The van der Waals surface area contributed by atoms with E-state index in [9.17, 15) is 8.42 Å². The highest BCUT2D eigenvalue weighted by Crippen LogP contribution is 2.37. The smallest absolute Gasteiger partial charge is 0.268 e. The summed E-state index contributed by atoms with van der Waals surface area (Å²) in [7, 11) is -2.18. The van der Waals surface area contributed by atoms with Crippen LogP contribution < -0.4 is 9.04 Å². The number of hydrogen-bond donors (Lipinski definition) is 0. The molecule has 4 nitrogen and oxygen atoms in total. The minimum Gasteiger partial charge on any atom is -0.495 e. The molecule has 0 fully saturated rings. The number of aryl methyl sites for hydroxylation is 2. The van der Waals surface area contributed by atoms with E-state index in [1.807, 2.05) is 44.2 Å². The van der Waals surface area contributed by atoms with E-state index >= 15 is 0 Å². The molecule has 2 aromatic carbocycles. The standard InChI is InChI=1S/C18H21NO3S/c1-13-8-11-17(22-3)18(12-13)23(20,21)19-14(2)9-10-15-6-4-5-7-16(15)19/h4-8,11-12,14H,9-10H2,1-3H3/t14-/m0/s1. The van der Waals surface area contributed by atoms with Crippen LogP contribution in [0.15, 0.2) is 47.4 Å². The van der Waals surface area contributed by atoms with Gasteiger partial charge in [-0.3, -0.25) is 4.31 Å². The molecule has 0 aromatic heterocycles. The predicted molar refractivity (Wildman–Crippen MR) is 91.6 cm³/mol. The second-order valence-corrected chi connectivity index (χ2v) is 7.75. The van der Waals surface area contributed by atoms with Crippen LogP contribution in [0.5, 0.6) is 5.75 Å². The summed E-state index contributed by atoms with van der Waals surface area (Å²) >= 11 is 0. The highest BCUT2D eigenvalue weighted by atomic mass is 32.2. The van der Waals surface area contributed by atoms with Crippen molar-refractivity contribution in [3.05, 3.63) is 53.6 Å². The van der Waals surface area contributed by atoms with Crippen LogP contribution in [0.4, 0.5) is 5.69 Å². The molecular weight excluding hydrogens is 310 g/mol. The van der Waals surface area contributed by atoms with Crippen LogP contribution in [0.25, 0.3) is 0 Å². The molecule has 1 atom stereocenters. The normalized spacial score (nSPS) is 17.7. The fraction of sp³-hybridized carbons (Fsp3) is 0.333. The Kier molecular flexibility index (Phi) is 4.06. The Hall–Kier alpha value is -2.01. The Morgan fingerprint density at radius 2 is 1.91 bits per heavy atom. The van der Waals surface area contributed by atoms with Gasteiger partial charge in [-0.15, -0.1) is 0 Å². The summed E-state index contributed by atoms with van der Waals surface area (Å²) in [6, 6.07) is 12.9. The lowest BCUT2D eigenvalue weighted by Gasteiger charge is -2.36. The summed E-state index contributed by atoms with van der Waals surface area (Å²) in [5.74, 6) is 0.380. The van der Waals surface area contributed by atoms with Gasteiger partial charge in [0, 0.05) is 6.04 Å². The third kappa shape index (κ3) is 2.70. The van der Waals surface area contributed by atoms with Gasteiger partial charge < -0.3 is 4.74 Å². The second-order valence-electron chi connectivity index (χ2n) is 5.97. The van der Waals surface area contributed by atoms with Gasteiger partial charge in [0.2, 0.25) is 0 Å². The van der Waals surface area contributed by atoms with E-state index in [-0.39, 0.29) is 10.9 Å². The van der Waals surface area contributed by atoms with E-state index in [4.69, 9.17) is 4.74 Å². The van der Waals surface area contributed by atoms with Crippen LogP contribution in [0.3, 0.4) is 0 Å². The van der Waals surface area contributed by atoms with Gasteiger partial charge in [0.1, 0.15) is 10.6 Å². The molecule has 23 heavy (non-hydrogen) atoms. The third-order valence-corrected chi connectivity index (χ3v) is 6.27. The number of fused-ring (bicyclic) bond motifs is 1. The van der Waals surface area contributed by atoms with Crippen LogP contribution in [-0.2, 0) is 16.4 Å². The third-order valence-electron chi connectivity index (χ3n) is 4.32. The average Bonchev–Trinajstić information content (AvgIpc) is 2.54. The lowest BCUT2D eigenvalue weighted by atomic mass is 9.99. The number of ether oxygens (including phenoxy) is 1. The summed E-state index contributed by atoms with van der Waals surface area (Å²) < 4.78 is 33.5. The molecule has 122 valence electrons. The molecule has 3 rings (SSSR count). The second kappa shape index (κ2) is 5.89. The summed E-state index contributed by atoms with van der Waals surface area (Å²) in [4.78, 5) is 0.226. The molecule has 0 N–H and O–H groups in total. The molecule has 0 spiro atoms. The zero-order valence-electron chi connectivity index (χ0n) is 13.6. The van der Waals surface area contributed by atoms with E-state index in [1.54, 1.807) is 16.4 Å². The van der Waals surface area contributed by atoms with Crippen molar-refractivity contribution in [3.63, 3.8) is 0 Å². The molecule has 0 bridgehead atoms. The van der Waals surface area contributed by atoms with Crippen molar-refractivity contribution < 1.29 is 13.2 Å². The topological polar surface area (TPSA) is 46.6 Å². The van der Waals surface area contributed by atoms with E-state index in [1.165, 1.54) is 7.11 Å². The Bertz CT molecular complexity index is 830. The minimum absolute atomic E-state index is 0.0832. The maximum absolute atomic E-state index is 13.3. The van der Waals surface area contributed by atoms with Gasteiger partial charge in [-0.1, -0.05) is 24.3 Å². The summed E-state index contributed by atoms with van der Waals surface area (Å²) in [5, 5.41) is 0. The van der Waals surface area contributed by atoms with Gasteiger partial charge in [-0.05, 0) is 56.0 Å². The molecule has 1 aliphatic heterocycles. The molecule has 0 radical (unpaired) electrons. The SMILES string of the molecule is COc1ccc(C)cc1S(=O)(=O)N1c2ccccc2CC[C@@H]1C. The summed E-state index contributed by atoms with van der Waals surface area (Å²) in [5.41, 5.74) is 2.73. The van der Waals surface area contributed by atoms with Gasteiger partial charge in [0.25, 0.3) is 10.0 Å². The number of hydrogen-bond acceptors (Lipinski definition) is 3. The Morgan fingerprint density at radius 1 is 1.17 bits per heavy atom. The Morgan fingerprint density at radius 3 is 2.65 bits per heavy atom. The first-order valence-corrected chi connectivity index (χ1v) is 9.16. The van der Waals surface area contributed by atoms with Gasteiger partial charge >= 0.3 is 0 Å². The maximum Gasteiger partial charge on any atom is 0.268 e. The van der Waals surface area contributed by atoms with Crippen molar-refractivity contribution in [3.8, 4) is 5.75 Å². The van der Waals surface area contributed by atoms with Crippen LogP contribution in [0.2, 0.25) is 0 Å². The van der Waals surface area contributed by atoms with E-state index in [0.717, 1.165) is 29.7 Å². The first kappa shape index (κ1) is 15.9. The Balaban J connectivity index is 2.19. The van der Waals surface area contributed by atoms with Gasteiger partial charge in [-0.25, -0.2) is 8.42 Å². The number of methoxy groups -OCH3 is 1. The molecule has 1 aliphatic rings. The fourth-order valence-corrected chi connectivity index (χ4v) is 5.08. The molecular formula is C18H21NO3S. The Labute approximate surface area is 137 Å². The van der Waals surface area contributed by atoms with Crippen molar-refractivity contribution in [1.29, 1.82) is 0 Å². The molecule has 0 saturated heterocycles. The van der Waals surface area contributed by atoms with Crippen molar-refractivity contribution in [2.75, 3.05) is 11.4 Å². The molecule has 0 unspecified atom stereocenters. The first-order chi connectivity index (χ1) is 10.9. The predicted octanol–water partition coefficient (Wildman–Crippen LogP) is 3.53. The van der Waals surface area contributed by atoms with Crippen molar-refractivity contribution >= 4 is 15.7 Å². The van der Waals surface area contributed by atoms with E-state index in [0.29, 0.717) is 5.75 Å². The van der Waals surface area contributed by atoms with E-state index in [2.05, 4.69) is 0 Å². The first-order valence-electron chi connectivity index (χ1n) is 7.72. The number of anilines is 1. The van der Waals surface area contributed by atoms with Crippen LogP contribution in [-0.4, -0.2) is 21.6 Å². The quantitative estimate of drug-likeness (QED) is 0.864. The molecule has 0 amide bonds. The number of nitrogens with zero attached hydrogens (tertiary/aromatic N) is 1. The number of sulfonamides is 1. The summed E-state index contributed by atoms with van der Waals surface area (Å²) in [6.07, 6.45) is 1.71. The zero-order chi connectivity index (χ0) is 16.6. The summed E-state index contributed by atoms with van der Waals surface area (Å²) in [6.45, 7) is 3.84. The number of rotatable bonds is 3. The van der Waals surface area contributed by atoms with Gasteiger partial charge in [0.15, 0.2) is 0 Å².